The molecule has 0 saturated carbocycles. The second kappa shape index (κ2) is 6.55. The largest absolute Gasteiger partial charge is 0.350 e. The number of nitrogens with one attached hydrogen (secondary N) is 1. The molecule has 0 saturated heterocycles. The lowest BCUT2D eigenvalue weighted by Gasteiger charge is -2.22. The fourth-order valence-electron chi connectivity index (χ4n) is 2.00. The van der Waals surface area contributed by atoms with Gasteiger partial charge in [-0.05, 0) is 31.7 Å². The van der Waals surface area contributed by atoms with Gasteiger partial charge in [-0.15, -0.1) is 0 Å². The lowest BCUT2D eigenvalue weighted by molar-refractivity contribution is 0.0942. The zero-order chi connectivity index (χ0) is 14.6. The number of hydrogen-bond acceptors (Lipinski definition) is 2. The maximum atomic E-state index is 12.1. The first-order valence-electron chi connectivity index (χ1n) is 6.69. The van der Waals surface area contributed by atoms with Crippen LogP contribution in [0.15, 0.2) is 6.07 Å². The van der Waals surface area contributed by atoms with Crippen molar-refractivity contribution in [3.8, 4) is 0 Å². The van der Waals surface area contributed by atoms with Gasteiger partial charge in [-0.3, -0.25) is 9.48 Å². The molecule has 0 aromatic carbocycles. The zero-order valence-electron chi connectivity index (χ0n) is 12.5. The van der Waals surface area contributed by atoms with Crippen LogP contribution in [-0.2, 0) is 6.54 Å². The Morgan fingerprint density at radius 3 is 2.68 bits per heavy atom. The Labute approximate surface area is 124 Å². The van der Waals surface area contributed by atoms with Crippen molar-refractivity contribution in [1.29, 1.82) is 0 Å². The van der Waals surface area contributed by atoms with Crippen molar-refractivity contribution >= 4 is 21.8 Å². The van der Waals surface area contributed by atoms with Gasteiger partial charge in [-0.1, -0.05) is 36.7 Å². The molecule has 1 unspecified atom stereocenters. The van der Waals surface area contributed by atoms with Gasteiger partial charge >= 0.3 is 0 Å². The summed E-state index contributed by atoms with van der Waals surface area (Å²) in [5.41, 5.74) is 1.76. The molecular formula is C14H24BrN3O. The summed E-state index contributed by atoms with van der Waals surface area (Å²) in [5.74, 6) is -0.0548. The van der Waals surface area contributed by atoms with Crippen LogP contribution in [0.1, 0.15) is 50.3 Å². The van der Waals surface area contributed by atoms with Crippen LogP contribution < -0.4 is 5.32 Å². The SMILES string of the molecule is CCn1nc(C)cc1C(=O)NCC(Br)CC(C)(C)C. The number of amides is 1. The van der Waals surface area contributed by atoms with Gasteiger partial charge in [0.15, 0.2) is 0 Å². The summed E-state index contributed by atoms with van der Waals surface area (Å²) in [4.78, 5) is 12.4. The first kappa shape index (κ1) is 16.2. The standard InChI is InChI=1S/C14H24BrN3O/c1-6-18-12(7-10(2)17-18)13(19)16-9-11(15)8-14(3,4)5/h7,11H,6,8-9H2,1-5H3,(H,16,19). The molecule has 4 nitrogen and oxygen atoms in total. The smallest absolute Gasteiger partial charge is 0.269 e. The van der Waals surface area contributed by atoms with Crippen molar-refractivity contribution < 1.29 is 4.79 Å². The lowest BCUT2D eigenvalue weighted by atomic mass is 9.90. The molecule has 1 atom stereocenters. The van der Waals surface area contributed by atoms with Crippen LogP contribution in [0.4, 0.5) is 0 Å². The van der Waals surface area contributed by atoms with Gasteiger partial charge < -0.3 is 5.32 Å². The van der Waals surface area contributed by atoms with Crippen LogP contribution >= 0.6 is 15.9 Å². The van der Waals surface area contributed by atoms with Crippen LogP contribution in [0, 0.1) is 12.3 Å². The molecule has 1 aromatic heterocycles. The number of rotatable bonds is 5. The van der Waals surface area contributed by atoms with Crippen LogP contribution in [0.2, 0.25) is 0 Å². The molecule has 0 fully saturated rings. The maximum absolute atomic E-state index is 12.1. The van der Waals surface area contributed by atoms with E-state index in [1.165, 1.54) is 0 Å². The fraction of sp³-hybridized carbons (Fsp3) is 0.714. The minimum Gasteiger partial charge on any atom is -0.350 e. The highest BCUT2D eigenvalue weighted by atomic mass is 79.9. The molecule has 108 valence electrons. The molecule has 0 aliphatic rings. The number of carbonyl (C=O) groups is 1. The molecule has 5 heteroatoms. The molecule has 1 heterocycles. The second-order valence-corrected chi connectivity index (χ2v) is 7.35. The van der Waals surface area contributed by atoms with E-state index in [1.54, 1.807) is 4.68 Å². The van der Waals surface area contributed by atoms with Gasteiger partial charge in [0.05, 0.1) is 5.69 Å². The van der Waals surface area contributed by atoms with Gasteiger partial charge in [-0.25, -0.2) is 0 Å². The highest BCUT2D eigenvalue weighted by molar-refractivity contribution is 9.09. The van der Waals surface area contributed by atoms with E-state index < -0.39 is 0 Å². The van der Waals surface area contributed by atoms with Crippen molar-refractivity contribution in [2.45, 2.75) is 52.4 Å². The topological polar surface area (TPSA) is 46.9 Å². The fourth-order valence-corrected chi connectivity index (χ4v) is 3.13. The number of hydrogen-bond donors (Lipinski definition) is 1. The number of alkyl halides is 1. The summed E-state index contributed by atoms with van der Waals surface area (Å²) in [6.45, 7) is 11.8. The Morgan fingerprint density at radius 2 is 2.16 bits per heavy atom. The van der Waals surface area contributed by atoms with E-state index in [0.717, 1.165) is 12.1 Å². The van der Waals surface area contributed by atoms with E-state index >= 15 is 0 Å². The van der Waals surface area contributed by atoms with Crippen molar-refractivity contribution in [2.75, 3.05) is 6.54 Å². The van der Waals surface area contributed by atoms with Gasteiger partial charge in [0, 0.05) is 17.9 Å². The van der Waals surface area contributed by atoms with Crippen LogP contribution in [0.25, 0.3) is 0 Å². The molecule has 1 amide bonds. The number of aryl methyl sites for hydroxylation is 2. The summed E-state index contributed by atoms with van der Waals surface area (Å²) in [6, 6.07) is 1.83. The van der Waals surface area contributed by atoms with Crippen LogP contribution in [0.5, 0.6) is 0 Å². The van der Waals surface area contributed by atoms with Crippen molar-refractivity contribution in [2.24, 2.45) is 5.41 Å². The van der Waals surface area contributed by atoms with E-state index in [2.05, 4.69) is 47.1 Å². The van der Waals surface area contributed by atoms with E-state index in [1.807, 2.05) is 19.9 Å². The van der Waals surface area contributed by atoms with Gasteiger partial charge in [0.25, 0.3) is 5.91 Å². The Bertz CT molecular complexity index is 434. The average Bonchev–Trinajstić information content (AvgIpc) is 2.65. The van der Waals surface area contributed by atoms with E-state index in [0.29, 0.717) is 18.8 Å². The Kier molecular flexibility index (Phi) is 5.59. The Morgan fingerprint density at radius 1 is 1.53 bits per heavy atom. The normalized spacial score (nSPS) is 13.4. The van der Waals surface area contributed by atoms with Crippen LogP contribution in [0.3, 0.4) is 0 Å². The number of carbonyl (C=O) groups excluding carboxylic acids is 1. The highest BCUT2D eigenvalue weighted by Crippen LogP contribution is 2.24. The predicted molar refractivity (Wildman–Crippen MR) is 81.8 cm³/mol. The van der Waals surface area contributed by atoms with Crippen molar-refractivity contribution in [1.82, 2.24) is 15.1 Å². The van der Waals surface area contributed by atoms with E-state index in [9.17, 15) is 4.79 Å². The van der Waals surface area contributed by atoms with E-state index in [-0.39, 0.29) is 16.1 Å². The molecule has 0 spiro atoms. The summed E-state index contributed by atoms with van der Waals surface area (Å²) < 4.78 is 1.73. The molecule has 0 aliphatic carbocycles. The minimum atomic E-state index is -0.0548. The Hall–Kier alpha value is -0.840. The van der Waals surface area contributed by atoms with Crippen LogP contribution in [-0.4, -0.2) is 27.1 Å². The molecule has 0 aliphatic heterocycles. The van der Waals surface area contributed by atoms with Gasteiger partial charge in [-0.2, -0.15) is 5.10 Å². The predicted octanol–water partition coefficient (Wildman–Crippen LogP) is 3.14. The molecule has 19 heavy (non-hydrogen) atoms. The van der Waals surface area contributed by atoms with E-state index in [4.69, 9.17) is 0 Å². The lowest BCUT2D eigenvalue weighted by Crippen LogP contribution is -2.32. The summed E-state index contributed by atoms with van der Waals surface area (Å²) in [5, 5.41) is 7.24. The summed E-state index contributed by atoms with van der Waals surface area (Å²) in [7, 11) is 0. The molecular weight excluding hydrogens is 306 g/mol. The molecule has 0 radical (unpaired) electrons. The second-order valence-electron chi connectivity index (χ2n) is 6.06. The average molecular weight is 330 g/mol. The minimum absolute atomic E-state index is 0.0548. The van der Waals surface area contributed by atoms with Crippen molar-refractivity contribution in [3.05, 3.63) is 17.5 Å². The van der Waals surface area contributed by atoms with Gasteiger partial charge in [0.2, 0.25) is 0 Å². The third-order valence-corrected chi connectivity index (χ3v) is 3.40. The third-order valence-electron chi connectivity index (χ3n) is 2.75. The monoisotopic (exact) mass is 329 g/mol. The molecule has 0 bridgehead atoms. The molecule has 1 N–H and O–H groups in total. The summed E-state index contributed by atoms with van der Waals surface area (Å²) >= 11 is 3.62. The Balaban J connectivity index is 2.56. The summed E-state index contributed by atoms with van der Waals surface area (Å²) in [6.07, 6.45) is 1.01. The highest BCUT2D eigenvalue weighted by Gasteiger charge is 2.18. The van der Waals surface area contributed by atoms with Gasteiger partial charge in [0.1, 0.15) is 5.69 Å². The molecule has 1 rings (SSSR count). The number of aromatic nitrogens is 2. The first-order chi connectivity index (χ1) is 8.73. The molecule has 1 aromatic rings. The van der Waals surface area contributed by atoms with Crippen molar-refractivity contribution in [3.63, 3.8) is 0 Å². The number of nitrogens with zero attached hydrogens (tertiary/aromatic N) is 2. The number of halogens is 1. The quantitative estimate of drug-likeness (QED) is 0.843. The zero-order valence-corrected chi connectivity index (χ0v) is 14.0. The first-order valence-corrected chi connectivity index (χ1v) is 7.61. The third kappa shape index (κ3) is 5.35. The maximum Gasteiger partial charge on any atom is 0.269 e.